The third-order valence-corrected chi connectivity index (χ3v) is 5.72. The van der Waals surface area contributed by atoms with Crippen LogP contribution >= 0.6 is 0 Å². The van der Waals surface area contributed by atoms with Gasteiger partial charge in [-0.15, -0.1) is 0 Å². The lowest BCUT2D eigenvalue weighted by Gasteiger charge is -2.23. The second-order valence-corrected chi connectivity index (χ2v) is 8.09. The molecule has 0 unspecified atom stereocenters. The normalized spacial score (nSPS) is 10.8. The van der Waals surface area contributed by atoms with Crippen molar-refractivity contribution >= 4 is 5.91 Å². The Balaban J connectivity index is 1.51. The zero-order valence-electron chi connectivity index (χ0n) is 18.7. The van der Waals surface area contributed by atoms with Crippen LogP contribution in [0.2, 0.25) is 0 Å². The zero-order chi connectivity index (χ0) is 23.2. The molecule has 5 aromatic rings. The number of hydrogen-bond donors (Lipinski definition) is 0. The standard InChI is InChI=1S/C29H25N3O2/c33-29(31(22-24-13-6-2-7-14-24)19-18-23-11-4-1-5-12-23)27-21-26(28-17-10-20-34-28)30-32(27)25-15-8-3-9-16-25/h1-17,20-21H,18-19,22H2. The molecule has 1 amide bonds. The van der Waals surface area contributed by atoms with Gasteiger partial charge in [-0.25, -0.2) is 4.68 Å². The fraction of sp³-hybridized carbons (Fsp3) is 0.103. The summed E-state index contributed by atoms with van der Waals surface area (Å²) in [6.07, 6.45) is 2.38. The number of carbonyl (C=O) groups excluding carboxylic acids is 1. The van der Waals surface area contributed by atoms with Crippen molar-refractivity contribution in [3.05, 3.63) is 132 Å². The summed E-state index contributed by atoms with van der Waals surface area (Å²) < 4.78 is 7.27. The summed E-state index contributed by atoms with van der Waals surface area (Å²) >= 11 is 0. The quantitative estimate of drug-likeness (QED) is 0.292. The Morgan fingerprint density at radius 2 is 1.44 bits per heavy atom. The molecule has 0 atom stereocenters. The van der Waals surface area contributed by atoms with Crippen LogP contribution in [0.4, 0.5) is 0 Å². The maximum absolute atomic E-state index is 14.0. The highest BCUT2D eigenvalue weighted by Gasteiger charge is 2.24. The topological polar surface area (TPSA) is 51.3 Å². The molecule has 0 aliphatic heterocycles. The fourth-order valence-corrected chi connectivity index (χ4v) is 3.97. The van der Waals surface area contributed by atoms with E-state index in [-0.39, 0.29) is 5.91 Å². The van der Waals surface area contributed by atoms with Gasteiger partial charge >= 0.3 is 0 Å². The minimum absolute atomic E-state index is 0.0751. The number of carbonyl (C=O) groups is 1. The van der Waals surface area contributed by atoms with Gasteiger partial charge in [0.25, 0.3) is 5.91 Å². The van der Waals surface area contributed by atoms with Crippen LogP contribution in [0.5, 0.6) is 0 Å². The molecule has 0 N–H and O–H groups in total. The highest BCUT2D eigenvalue weighted by Crippen LogP contribution is 2.24. The first-order chi connectivity index (χ1) is 16.8. The van der Waals surface area contributed by atoms with Crippen molar-refractivity contribution in [3.63, 3.8) is 0 Å². The average molecular weight is 448 g/mol. The van der Waals surface area contributed by atoms with E-state index in [9.17, 15) is 4.79 Å². The molecule has 0 fully saturated rings. The lowest BCUT2D eigenvalue weighted by atomic mass is 10.1. The minimum Gasteiger partial charge on any atom is -0.463 e. The summed E-state index contributed by atoms with van der Waals surface area (Å²) in [5.41, 5.74) is 4.23. The molecule has 0 radical (unpaired) electrons. The molecule has 5 heteroatoms. The summed E-state index contributed by atoms with van der Waals surface area (Å²) in [4.78, 5) is 15.9. The van der Waals surface area contributed by atoms with Crippen molar-refractivity contribution in [2.45, 2.75) is 13.0 Å². The predicted molar refractivity (Wildman–Crippen MR) is 133 cm³/mol. The number of para-hydroxylation sites is 1. The first-order valence-electron chi connectivity index (χ1n) is 11.3. The van der Waals surface area contributed by atoms with Crippen LogP contribution < -0.4 is 0 Å². The third-order valence-electron chi connectivity index (χ3n) is 5.72. The molecule has 168 valence electrons. The molecule has 0 spiro atoms. The van der Waals surface area contributed by atoms with E-state index in [0.29, 0.717) is 30.2 Å². The molecule has 0 saturated heterocycles. The number of hydrogen-bond acceptors (Lipinski definition) is 3. The van der Waals surface area contributed by atoms with Gasteiger partial charge in [-0.05, 0) is 41.8 Å². The maximum Gasteiger partial charge on any atom is 0.272 e. The van der Waals surface area contributed by atoms with E-state index in [2.05, 4.69) is 12.1 Å². The van der Waals surface area contributed by atoms with Gasteiger partial charge in [0.15, 0.2) is 5.76 Å². The van der Waals surface area contributed by atoms with Crippen molar-refractivity contribution in [2.24, 2.45) is 0 Å². The highest BCUT2D eigenvalue weighted by atomic mass is 16.3. The van der Waals surface area contributed by atoms with E-state index < -0.39 is 0 Å². The Hall–Kier alpha value is -4.38. The molecule has 2 heterocycles. The Morgan fingerprint density at radius 1 is 0.794 bits per heavy atom. The molecule has 5 rings (SSSR count). The van der Waals surface area contributed by atoms with Gasteiger partial charge in [-0.3, -0.25) is 4.79 Å². The van der Waals surface area contributed by atoms with E-state index in [1.165, 1.54) is 5.56 Å². The van der Waals surface area contributed by atoms with Gasteiger partial charge in [-0.2, -0.15) is 5.10 Å². The van der Waals surface area contributed by atoms with Gasteiger partial charge in [0.1, 0.15) is 11.4 Å². The molecule has 34 heavy (non-hydrogen) atoms. The molecule has 2 aromatic heterocycles. The monoisotopic (exact) mass is 447 g/mol. The molecule has 0 bridgehead atoms. The average Bonchev–Trinajstić information content (AvgIpc) is 3.58. The van der Waals surface area contributed by atoms with Crippen LogP contribution in [-0.2, 0) is 13.0 Å². The lowest BCUT2D eigenvalue weighted by Crippen LogP contribution is -2.34. The predicted octanol–water partition coefficient (Wildman–Crippen LogP) is 6.02. The molecule has 5 nitrogen and oxygen atoms in total. The van der Waals surface area contributed by atoms with Gasteiger partial charge < -0.3 is 9.32 Å². The van der Waals surface area contributed by atoms with Crippen molar-refractivity contribution < 1.29 is 9.21 Å². The smallest absolute Gasteiger partial charge is 0.272 e. The number of aromatic nitrogens is 2. The van der Waals surface area contributed by atoms with Gasteiger partial charge in [0.05, 0.1) is 12.0 Å². The summed E-state index contributed by atoms with van der Waals surface area (Å²) in [5, 5.41) is 4.73. The number of benzene rings is 3. The Kier molecular flexibility index (Phi) is 6.34. The molecule has 0 aliphatic rings. The summed E-state index contributed by atoms with van der Waals surface area (Å²) in [7, 11) is 0. The van der Waals surface area contributed by atoms with Crippen molar-refractivity contribution in [1.29, 1.82) is 0 Å². The zero-order valence-corrected chi connectivity index (χ0v) is 18.7. The van der Waals surface area contributed by atoms with Crippen molar-refractivity contribution in [3.8, 4) is 17.1 Å². The van der Waals surface area contributed by atoms with Crippen molar-refractivity contribution in [1.82, 2.24) is 14.7 Å². The molecular weight excluding hydrogens is 422 g/mol. The van der Waals surface area contributed by atoms with Crippen LogP contribution in [-0.4, -0.2) is 27.1 Å². The highest BCUT2D eigenvalue weighted by molar-refractivity contribution is 5.94. The van der Waals surface area contributed by atoms with E-state index in [4.69, 9.17) is 9.52 Å². The first-order valence-corrected chi connectivity index (χ1v) is 11.3. The summed E-state index contributed by atoms with van der Waals surface area (Å²) in [6, 6.07) is 35.5. The van der Waals surface area contributed by atoms with Crippen LogP contribution in [0.3, 0.4) is 0 Å². The molecule has 3 aromatic carbocycles. The lowest BCUT2D eigenvalue weighted by molar-refractivity contribution is 0.0736. The third kappa shape index (κ3) is 4.84. The van der Waals surface area contributed by atoms with E-state index in [1.807, 2.05) is 102 Å². The van der Waals surface area contributed by atoms with E-state index in [1.54, 1.807) is 10.9 Å². The number of furan rings is 1. The van der Waals surface area contributed by atoms with Crippen LogP contribution in [0, 0.1) is 0 Å². The molecular formula is C29H25N3O2. The Morgan fingerprint density at radius 3 is 2.09 bits per heavy atom. The number of amides is 1. The largest absolute Gasteiger partial charge is 0.463 e. The van der Waals surface area contributed by atoms with Crippen LogP contribution in [0.1, 0.15) is 21.6 Å². The first kappa shape index (κ1) is 21.5. The Labute approximate surface area is 198 Å². The second kappa shape index (κ2) is 10.0. The Bertz CT molecular complexity index is 1330. The number of rotatable bonds is 8. The van der Waals surface area contributed by atoms with Gasteiger partial charge in [-0.1, -0.05) is 78.9 Å². The number of nitrogens with zero attached hydrogens (tertiary/aromatic N) is 3. The molecule has 0 saturated carbocycles. The summed E-state index contributed by atoms with van der Waals surface area (Å²) in [5.74, 6) is 0.552. The summed E-state index contributed by atoms with van der Waals surface area (Å²) in [6.45, 7) is 1.11. The van der Waals surface area contributed by atoms with Crippen molar-refractivity contribution in [2.75, 3.05) is 6.54 Å². The van der Waals surface area contributed by atoms with Crippen LogP contribution in [0.25, 0.3) is 17.1 Å². The van der Waals surface area contributed by atoms with Gasteiger partial charge in [0.2, 0.25) is 0 Å². The van der Waals surface area contributed by atoms with Gasteiger partial charge in [0, 0.05) is 19.2 Å². The van der Waals surface area contributed by atoms with E-state index >= 15 is 0 Å². The maximum atomic E-state index is 14.0. The van der Waals surface area contributed by atoms with Crippen LogP contribution in [0.15, 0.2) is 120 Å². The SMILES string of the molecule is O=C(c1cc(-c2ccco2)nn1-c1ccccc1)N(CCc1ccccc1)Cc1ccccc1. The fourth-order valence-electron chi connectivity index (χ4n) is 3.97. The minimum atomic E-state index is -0.0751. The van der Waals surface area contributed by atoms with E-state index in [0.717, 1.165) is 17.7 Å². The second-order valence-electron chi connectivity index (χ2n) is 8.09. The molecule has 0 aliphatic carbocycles.